The van der Waals surface area contributed by atoms with E-state index in [0.717, 1.165) is 16.8 Å². The number of nitrogens with one attached hydrogen (secondary N) is 3. The zero-order valence-electron chi connectivity index (χ0n) is 17.9. The third kappa shape index (κ3) is 5.04. The van der Waals surface area contributed by atoms with Crippen LogP contribution in [-0.4, -0.2) is 38.1 Å². The van der Waals surface area contributed by atoms with Crippen LogP contribution in [0.4, 0.5) is 11.5 Å². The van der Waals surface area contributed by atoms with E-state index in [2.05, 4.69) is 20.6 Å². The van der Waals surface area contributed by atoms with Gasteiger partial charge in [0.1, 0.15) is 11.6 Å². The SMILES string of the molecule is CSc1nc(-c2ccccc2NC(=O)c2cccc(O)c2)c(-c2ccnc(NC(C)=O)c2)[nH]1. The number of aromatic amines is 1. The number of anilines is 2. The van der Waals surface area contributed by atoms with Crippen LogP contribution >= 0.6 is 11.8 Å². The van der Waals surface area contributed by atoms with Crippen LogP contribution in [0.5, 0.6) is 5.75 Å². The summed E-state index contributed by atoms with van der Waals surface area (Å²) in [7, 11) is 0. The Balaban J connectivity index is 1.76. The monoisotopic (exact) mass is 459 g/mol. The maximum absolute atomic E-state index is 12.8. The van der Waals surface area contributed by atoms with Crippen LogP contribution in [0.1, 0.15) is 17.3 Å². The van der Waals surface area contributed by atoms with Gasteiger partial charge >= 0.3 is 0 Å². The lowest BCUT2D eigenvalue weighted by molar-refractivity contribution is -0.114. The average molecular weight is 460 g/mol. The number of aromatic hydroxyl groups is 1. The van der Waals surface area contributed by atoms with E-state index >= 15 is 0 Å². The van der Waals surface area contributed by atoms with Crippen LogP contribution in [0.2, 0.25) is 0 Å². The van der Waals surface area contributed by atoms with Gasteiger partial charge in [-0.15, -0.1) is 0 Å². The second-order valence-corrected chi connectivity index (χ2v) is 7.93. The molecule has 0 radical (unpaired) electrons. The van der Waals surface area contributed by atoms with E-state index in [-0.39, 0.29) is 17.6 Å². The van der Waals surface area contributed by atoms with E-state index in [9.17, 15) is 14.7 Å². The number of phenols is 1. The Morgan fingerprint density at radius 3 is 2.61 bits per heavy atom. The van der Waals surface area contributed by atoms with Crippen LogP contribution in [0.3, 0.4) is 0 Å². The minimum Gasteiger partial charge on any atom is -0.508 e. The van der Waals surface area contributed by atoms with Crippen LogP contribution in [-0.2, 0) is 4.79 Å². The number of carbonyl (C=O) groups excluding carboxylic acids is 2. The molecule has 2 amide bonds. The van der Waals surface area contributed by atoms with E-state index in [0.29, 0.717) is 27.9 Å². The summed E-state index contributed by atoms with van der Waals surface area (Å²) in [6.07, 6.45) is 3.52. The van der Waals surface area contributed by atoms with Crippen LogP contribution in [0.25, 0.3) is 22.5 Å². The average Bonchev–Trinajstić information content (AvgIpc) is 3.24. The fourth-order valence-corrected chi connectivity index (χ4v) is 3.71. The number of hydrogen-bond acceptors (Lipinski definition) is 6. The fourth-order valence-electron chi connectivity index (χ4n) is 3.33. The number of carbonyl (C=O) groups is 2. The quantitative estimate of drug-likeness (QED) is 0.308. The third-order valence-electron chi connectivity index (χ3n) is 4.77. The van der Waals surface area contributed by atoms with Crippen molar-refractivity contribution in [2.24, 2.45) is 0 Å². The van der Waals surface area contributed by atoms with Crippen molar-refractivity contribution >= 4 is 35.1 Å². The van der Waals surface area contributed by atoms with Gasteiger partial charge in [-0.2, -0.15) is 0 Å². The molecule has 0 aliphatic heterocycles. The van der Waals surface area contributed by atoms with E-state index in [1.54, 1.807) is 30.5 Å². The summed E-state index contributed by atoms with van der Waals surface area (Å²) in [5, 5.41) is 16.0. The first-order chi connectivity index (χ1) is 15.9. The summed E-state index contributed by atoms with van der Waals surface area (Å²) in [5.41, 5.74) is 3.79. The predicted molar refractivity (Wildman–Crippen MR) is 129 cm³/mol. The number of pyridine rings is 1. The van der Waals surface area contributed by atoms with Crippen molar-refractivity contribution in [1.29, 1.82) is 0 Å². The molecule has 8 nitrogen and oxygen atoms in total. The molecule has 0 saturated heterocycles. The van der Waals surface area contributed by atoms with Crippen LogP contribution in [0, 0.1) is 0 Å². The number of hydrogen-bond donors (Lipinski definition) is 4. The molecular formula is C24H21N5O3S. The minimum atomic E-state index is -0.350. The number of H-pyrrole nitrogens is 1. The fraction of sp³-hybridized carbons (Fsp3) is 0.0833. The predicted octanol–water partition coefficient (Wildman–Crippen LogP) is 4.78. The van der Waals surface area contributed by atoms with Crippen molar-refractivity contribution in [3.63, 3.8) is 0 Å². The molecule has 0 atom stereocenters. The number of imidazole rings is 1. The second kappa shape index (κ2) is 9.58. The van der Waals surface area contributed by atoms with Gasteiger partial charge in [0, 0.05) is 29.8 Å². The van der Waals surface area contributed by atoms with Gasteiger partial charge in [-0.1, -0.05) is 36.0 Å². The number of phenolic OH excluding ortho intramolecular Hbond substituents is 1. The molecule has 2 aromatic carbocycles. The van der Waals surface area contributed by atoms with E-state index in [1.165, 1.54) is 30.8 Å². The number of amides is 2. The van der Waals surface area contributed by atoms with Gasteiger partial charge in [0.15, 0.2) is 5.16 Å². The molecule has 4 aromatic rings. The zero-order chi connectivity index (χ0) is 23.4. The Morgan fingerprint density at radius 1 is 1.03 bits per heavy atom. The number of nitrogens with zero attached hydrogens (tertiary/aromatic N) is 2. The highest BCUT2D eigenvalue weighted by atomic mass is 32.2. The van der Waals surface area contributed by atoms with Crippen LogP contribution in [0.15, 0.2) is 72.0 Å². The Hall–Kier alpha value is -4.11. The Bertz CT molecular complexity index is 1340. The number of para-hydroxylation sites is 1. The molecule has 4 rings (SSSR count). The Labute approximate surface area is 194 Å². The number of benzene rings is 2. The highest BCUT2D eigenvalue weighted by Gasteiger charge is 2.19. The second-order valence-electron chi connectivity index (χ2n) is 7.13. The van der Waals surface area contributed by atoms with Gasteiger partial charge in [-0.05, 0) is 42.7 Å². The van der Waals surface area contributed by atoms with Crippen molar-refractivity contribution in [3.05, 3.63) is 72.4 Å². The molecule has 33 heavy (non-hydrogen) atoms. The molecule has 0 bridgehead atoms. The summed E-state index contributed by atoms with van der Waals surface area (Å²) in [4.78, 5) is 36.5. The third-order valence-corrected chi connectivity index (χ3v) is 5.35. The number of rotatable bonds is 6. The van der Waals surface area contributed by atoms with Gasteiger partial charge in [0.05, 0.1) is 17.1 Å². The summed E-state index contributed by atoms with van der Waals surface area (Å²) < 4.78 is 0. The van der Waals surface area contributed by atoms with Crippen molar-refractivity contribution < 1.29 is 14.7 Å². The molecule has 0 spiro atoms. The van der Waals surface area contributed by atoms with Gasteiger partial charge in [-0.3, -0.25) is 9.59 Å². The first-order valence-corrected chi connectivity index (χ1v) is 11.2. The first-order valence-electron chi connectivity index (χ1n) is 10.0. The molecule has 0 aliphatic rings. The van der Waals surface area contributed by atoms with Crippen LogP contribution < -0.4 is 10.6 Å². The van der Waals surface area contributed by atoms with E-state index in [1.807, 2.05) is 30.5 Å². The summed E-state index contributed by atoms with van der Waals surface area (Å²) >= 11 is 1.46. The maximum Gasteiger partial charge on any atom is 0.255 e. The summed E-state index contributed by atoms with van der Waals surface area (Å²) in [6, 6.07) is 17.1. The minimum absolute atomic E-state index is 0.0165. The van der Waals surface area contributed by atoms with E-state index < -0.39 is 0 Å². The van der Waals surface area contributed by atoms with Gasteiger partial charge in [0.25, 0.3) is 5.91 Å². The highest BCUT2D eigenvalue weighted by molar-refractivity contribution is 7.98. The molecule has 4 N–H and O–H groups in total. The van der Waals surface area contributed by atoms with E-state index in [4.69, 9.17) is 4.98 Å². The first kappa shape index (κ1) is 22.1. The molecule has 2 aromatic heterocycles. The molecule has 0 aliphatic carbocycles. The topological polar surface area (TPSA) is 120 Å². The molecule has 0 unspecified atom stereocenters. The summed E-state index contributed by atoms with van der Waals surface area (Å²) in [5.74, 6) is -0.119. The lowest BCUT2D eigenvalue weighted by Gasteiger charge is -2.12. The molecule has 0 saturated carbocycles. The smallest absolute Gasteiger partial charge is 0.255 e. The Kier molecular flexibility index (Phi) is 6.41. The van der Waals surface area contributed by atoms with Gasteiger partial charge in [-0.25, -0.2) is 9.97 Å². The van der Waals surface area contributed by atoms with Crippen molar-refractivity contribution in [2.45, 2.75) is 12.1 Å². The maximum atomic E-state index is 12.8. The van der Waals surface area contributed by atoms with Gasteiger partial charge < -0.3 is 20.7 Å². The molecular weight excluding hydrogens is 438 g/mol. The number of aromatic nitrogens is 3. The van der Waals surface area contributed by atoms with Gasteiger partial charge in [0.2, 0.25) is 5.91 Å². The lowest BCUT2D eigenvalue weighted by Crippen LogP contribution is -2.12. The van der Waals surface area contributed by atoms with Crippen molar-refractivity contribution in [3.8, 4) is 28.3 Å². The lowest BCUT2D eigenvalue weighted by atomic mass is 10.0. The van der Waals surface area contributed by atoms with Crippen molar-refractivity contribution in [1.82, 2.24) is 15.0 Å². The Morgan fingerprint density at radius 2 is 1.85 bits per heavy atom. The number of thioether (sulfide) groups is 1. The molecule has 2 heterocycles. The highest BCUT2D eigenvalue weighted by Crippen LogP contribution is 2.36. The van der Waals surface area contributed by atoms with Crippen molar-refractivity contribution in [2.75, 3.05) is 16.9 Å². The standard InChI is InChI=1S/C24H21N5O3S/c1-14(30)26-20-13-15(10-11-25-20)21-22(29-24(28-21)33-2)18-8-3-4-9-19(18)27-23(32)16-6-5-7-17(31)12-16/h3-13,31H,1-2H3,(H,27,32)(H,28,29)(H,25,26,30). The molecule has 166 valence electrons. The molecule has 0 fully saturated rings. The zero-order valence-corrected chi connectivity index (χ0v) is 18.7. The molecule has 9 heteroatoms. The summed E-state index contributed by atoms with van der Waals surface area (Å²) in [6.45, 7) is 1.42. The normalized spacial score (nSPS) is 10.6. The largest absolute Gasteiger partial charge is 0.508 e.